The summed E-state index contributed by atoms with van der Waals surface area (Å²) < 4.78 is 5.31. The van der Waals surface area contributed by atoms with Gasteiger partial charge in [0.05, 0.1) is 12.3 Å². The summed E-state index contributed by atoms with van der Waals surface area (Å²) in [5.74, 6) is 0.378. The van der Waals surface area contributed by atoms with Gasteiger partial charge in [-0.1, -0.05) is 0 Å². The molecule has 2 aromatic heterocycles. The Morgan fingerprint density at radius 1 is 1.52 bits per heavy atom. The molecule has 2 aromatic rings. The van der Waals surface area contributed by atoms with Crippen LogP contribution in [-0.2, 0) is 0 Å². The fraction of sp³-hybridized carbons (Fsp3) is 0.400. The number of carbonyl (C=O) groups is 1. The molecule has 0 aromatic carbocycles. The first-order chi connectivity index (χ1) is 10.1. The van der Waals surface area contributed by atoms with Crippen molar-refractivity contribution in [1.82, 2.24) is 10.3 Å². The van der Waals surface area contributed by atoms with E-state index in [1.807, 2.05) is 13.0 Å². The van der Waals surface area contributed by atoms with Gasteiger partial charge in [0.1, 0.15) is 11.2 Å². The minimum atomic E-state index is -0.724. The molecule has 0 unspecified atom stereocenters. The van der Waals surface area contributed by atoms with Gasteiger partial charge in [-0.05, 0) is 44.7 Å². The normalized spacial score (nSPS) is 16.6. The van der Waals surface area contributed by atoms with Gasteiger partial charge in [0.15, 0.2) is 10.8 Å². The molecule has 1 aliphatic rings. The lowest BCUT2D eigenvalue weighted by Crippen LogP contribution is -2.45. The first kappa shape index (κ1) is 13.8. The van der Waals surface area contributed by atoms with Crippen LogP contribution in [0.15, 0.2) is 22.8 Å². The maximum Gasteiger partial charge on any atom is 0.272 e. The quantitative estimate of drug-likeness (QED) is 0.943. The Morgan fingerprint density at radius 2 is 2.29 bits per heavy atom. The third-order valence-electron chi connectivity index (χ3n) is 3.77. The number of hydrogen-bond acceptors (Lipinski definition) is 5. The molecule has 0 bridgehead atoms. The van der Waals surface area contributed by atoms with Gasteiger partial charge in [0.2, 0.25) is 0 Å². The van der Waals surface area contributed by atoms with E-state index in [9.17, 15) is 10.1 Å². The second-order valence-corrected chi connectivity index (χ2v) is 6.46. The van der Waals surface area contributed by atoms with Gasteiger partial charge in [0, 0.05) is 4.88 Å². The molecule has 6 heteroatoms. The van der Waals surface area contributed by atoms with Crippen molar-refractivity contribution in [2.45, 2.75) is 38.1 Å². The summed E-state index contributed by atoms with van der Waals surface area (Å²) in [5, 5.41) is 12.9. The number of carbonyl (C=O) groups excluding carboxylic acids is 1. The molecule has 0 saturated heterocycles. The van der Waals surface area contributed by atoms with E-state index in [2.05, 4.69) is 16.4 Å². The number of nitrogens with one attached hydrogen (secondary N) is 1. The molecule has 2 heterocycles. The first-order valence-corrected chi connectivity index (χ1v) is 7.70. The van der Waals surface area contributed by atoms with Gasteiger partial charge in [-0.2, -0.15) is 5.26 Å². The van der Waals surface area contributed by atoms with Crippen molar-refractivity contribution < 1.29 is 9.21 Å². The number of furan rings is 1. The number of aryl methyl sites for hydroxylation is 1. The number of rotatable bonds is 3. The Bertz CT molecular complexity index is 691. The number of thiazole rings is 1. The molecule has 0 aliphatic heterocycles. The number of amides is 1. The van der Waals surface area contributed by atoms with Crippen molar-refractivity contribution in [1.29, 1.82) is 5.26 Å². The molecule has 0 radical (unpaired) electrons. The van der Waals surface area contributed by atoms with Crippen LogP contribution in [0.25, 0.3) is 10.8 Å². The van der Waals surface area contributed by atoms with Crippen LogP contribution in [0.2, 0.25) is 0 Å². The largest absolute Gasteiger partial charge is 0.462 e. The molecule has 108 valence electrons. The molecule has 1 fully saturated rings. The van der Waals surface area contributed by atoms with Crippen LogP contribution in [0, 0.1) is 18.3 Å². The Labute approximate surface area is 126 Å². The van der Waals surface area contributed by atoms with Gasteiger partial charge in [-0.3, -0.25) is 4.79 Å². The van der Waals surface area contributed by atoms with Gasteiger partial charge >= 0.3 is 0 Å². The summed E-state index contributed by atoms with van der Waals surface area (Å²) in [6.45, 7) is 1.85. The Morgan fingerprint density at radius 3 is 2.90 bits per heavy atom. The van der Waals surface area contributed by atoms with E-state index in [1.165, 1.54) is 11.3 Å². The van der Waals surface area contributed by atoms with Crippen LogP contribution >= 0.6 is 11.3 Å². The van der Waals surface area contributed by atoms with Crippen LogP contribution in [0.4, 0.5) is 0 Å². The van der Waals surface area contributed by atoms with E-state index < -0.39 is 5.54 Å². The van der Waals surface area contributed by atoms with Crippen molar-refractivity contribution in [2.24, 2.45) is 0 Å². The average molecular weight is 301 g/mol. The SMILES string of the molecule is Cc1sc(-c2ccco2)nc1C(=O)NC1(C#N)CCCC1. The average Bonchev–Trinajstić information content (AvgIpc) is 3.18. The fourth-order valence-electron chi connectivity index (χ4n) is 2.63. The summed E-state index contributed by atoms with van der Waals surface area (Å²) in [5.41, 5.74) is -0.342. The summed E-state index contributed by atoms with van der Waals surface area (Å²) in [4.78, 5) is 17.6. The van der Waals surface area contributed by atoms with E-state index in [0.717, 1.165) is 17.7 Å². The molecule has 1 saturated carbocycles. The van der Waals surface area contributed by atoms with Crippen LogP contribution in [-0.4, -0.2) is 16.4 Å². The van der Waals surface area contributed by atoms with Gasteiger partial charge in [-0.15, -0.1) is 11.3 Å². The van der Waals surface area contributed by atoms with Crippen LogP contribution < -0.4 is 5.32 Å². The third-order valence-corrected chi connectivity index (χ3v) is 4.75. The summed E-state index contributed by atoms with van der Waals surface area (Å²) in [7, 11) is 0. The second kappa shape index (κ2) is 5.34. The highest BCUT2D eigenvalue weighted by atomic mass is 32.1. The van der Waals surface area contributed by atoms with Crippen LogP contribution in [0.5, 0.6) is 0 Å². The molecule has 0 atom stereocenters. The van der Waals surface area contributed by atoms with Crippen LogP contribution in [0.1, 0.15) is 41.0 Å². The topological polar surface area (TPSA) is 78.9 Å². The number of hydrogen-bond donors (Lipinski definition) is 1. The van der Waals surface area contributed by atoms with E-state index in [4.69, 9.17) is 4.42 Å². The predicted molar refractivity (Wildman–Crippen MR) is 78.8 cm³/mol. The number of aromatic nitrogens is 1. The molecular formula is C15H15N3O2S. The highest BCUT2D eigenvalue weighted by molar-refractivity contribution is 7.15. The monoisotopic (exact) mass is 301 g/mol. The zero-order chi connectivity index (χ0) is 14.9. The van der Waals surface area contributed by atoms with E-state index >= 15 is 0 Å². The highest BCUT2D eigenvalue weighted by Crippen LogP contribution is 2.31. The van der Waals surface area contributed by atoms with Gasteiger partial charge < -0.3 is 9.73 Å². The van der Waals surface area contributed by atoms with E-state index in [0.29, 0.717) is 29.3 Å². The lowest BCUT2D eigenvalue weighted by Gasteiger charge is -2.21. The molecule has 1 amide bonds. The lowest BCUT2D eigenvalue weighted by atomic mass is 10.00. The minimum absolute atomic E-state index is 0.273. The van der Waals surface area contributed by atoms with Gasteiger partial charge in [-0.25, -0.2) is 4.98 Å². The zero-order valence-corrected chi connectivity index (χ0v) is 12.5. The van der Waals surface area contributed by atoms with Crippen molar-refractivity contribution in [3.05, 3.63) is 29.0 Å². The third kappa shape index (κ3) is 2.57. The molecular weight excluding hydrogens is 286 g/mol. The Balaban J connectivity index is 1.84. The van der Waals surface area contributed by atoms with E-state index in [1.54, 1.807) is 12.3 Å². The molecule has 5 nitrogen and oxygen atoms in total. The van der Waals surface area contributed by atoms with Crippen molar-refractivity contribution in [2.75, 3.05) is 0 Å². The molecule has 3 rings (SSSR count). The molecule has 1 aliphatic carbocycles. The molecule has 1 N–H and O–H groups in total. The number of nitrogens with zero attached hydrogens (tertiary/aromatic N) is 2. The summed E-state index contributed by atoms with van der Waals surface area (Å²) in [6, 6.07) is 5.86. The maximum atomic E-state index is 12.4. The Hall–Kier alpha value is -2.13. The van der Waals surface area contributed by atoms with Crippen LogP contribution in [0.3, 0.4) is 0 Å². The first-order valence-electron chi connectivity index (χ1n) is 6.89. The van der Waals surface area contributed by atoms with Crippen molar-refractivity contribution in [3.63, 3.8) is 0 Å². The molecule has 21 heavy (non-hydrogen) atoms. The minimum Gasteiger partial charge on any atom is -0.462 e. The zero-order valence-electron chi connectivity index (χ0n) is 11.7. The van der Waals surface area contributed by atoms with E-state index in [-0.39, 0.29) is 5.91 Å². The number of nitriles is 1. The van der Waals surface area contributed by atoms with Gasteiger partial charge in [0.25, 0.3) is 5.91 Å². The predicted octanol–water partition coefficient (Wildman–Crippen LogP) is 3.28. The smallest absolute Gasteiger partial charge is 0.272 e. The Kier molecular flexibility index (Phi) is 3.52. The lowest BCUT2D eigenvalue weighted by molar-refractivity contribution is 0.0915. The maximum absolute atomic E-state index is 12.4. The second-order valence-electron chi connectivity index (χ2n) is 5.26. The standard InChI is InChI=1S/C15H15N3O2S/c1-10-12(17-14(21-10)11-5-4-8-20-11)13(19)18-15(9-16)6-2-3-7-15/h4-5,8H,2-3,6-7H2,1H3,(H,18,19). The molecule has 0 spiro atoms. The fourth-order valence-corrected chi connectivity index (χ4v) is 3.51. The summed E-state index contributed by atoms with van der Waals surface area (Å²) in [6.07, 6.45) is 4.95. The van der Waals surface area contributed by atoms with Crippen molar-refractivity contribution in [3.8, 4) is 16.8 Å². The van der Waals surface area contributed by atoms with Crippen molar-refractivity contribution >= 4 is 17.2 Å². The summed E-state index contributed by atoms with van der Waals surface area (Å²) >= 11 is 1.42. The highest BCUT2D eigenvalue weighted by Gasteiger charge is 2.36.